The molecule has 1 saturated carbocycles. The maximum Gasteiger partial charge on any atom is 0.145 e. The van der Waals surface area contributed by atoms with Crippen LogP contribution in [-0.4, -0.2) is 40.0 Å². The van der Waals surface area contributed by atoms with Gasteiger partial charge in [-0.1, -0.05) is 6.92 Å². The standard InChI is InChI=1S/C14H24N6/c1-2-3-12-17-13(8-14(18-12)19-15)16-10-6-7-20(9-10)11-4-5-11/h8,10-11H,2-7,9,15H2,1H3,(H2,16,17,18,19). The number of nitrogens with two attached hydrogens (primary N) is 1. The number of rotatable bonds is 6. The number of hydrogen-bond donors (Lipinski definition) is 3. The SMILES string of the molecule is CCCc1nc(NN)cc(NC2CCN(C3CC3)C2)n1. The second-order valence-electron chi connectivity index (χ2n) is 5.81. The second kappa shape index (κ2) is 5.93. The Labute approximate surface area is 120 Å². The minimum atomic E-state index is 0.491. The Hall–Kier alpha value is -1.40. The van der Waals surface area contributed by atoms with E-state index < -0.39 is 0 Å². The highest BCUT2D eigenvalue weighted by molar-refractivity contribution is 5.47. The van der Waals surface area contributed by atoms with Gasteiger partial charge in [-0.2, -0.15) is 0 Å². The summed E-state index contributed by atoms with van der Waals surface area (Å²) < 4.78 is 0. The van der Waals surface area contributed by atoms with Gasteiger partial charge in [0.25, 0.3) is 0 Å². The summed E-state index contributed by atoms with van der Waals surface area (Å²) in [6.07, 6.45) is 5.86. The van der Waals surface area contributed by atoms with Crippen molar-refractivity contribution >= 4 is 11.6 Å². The van der Waals surface area contributed by atoms with Gasteiger partial charge in [-0.25, -0.2) is 15.8 Å². The zero-order valence-corrected chi connectivity index (χ0v) is 12.1. The summed E-state index contributed by atoms with van der Waals surface area (Å²) in [7, 11) is 0. The third-order valence-electron chi connectivity index (χ3n) is 4.03. The zero-order valence-electron chi connectivity index (χ0n) is 12.1. The third-order valence-corrected chi connectivity index (χ3v) is 4.03. The smallest absolute Gasteiger partial charge is 0.145 e. The predicted molar refractivity (Wildman–Crippen MR) is 80.5 cm³/mol. The van der Waals surface area contributed by atoms with Crippen LogP contribution in [0.2, 0.25) is 0 Å². The summed E-state index contributed by atoms with van der Waals surface area (Å²) in [6, 6.07) is 3.23. The summed E-state index contributed by atoms with van der Waals surface area (Å²) >= 11 is 0. The van der Waals surface area contributed by atoms with Crippen LogP contribution in [0.5, 0.6) is 0 Å². The molecule has 1 aromatic heterocycles. The molecule has 1 saturated heterocycles. The monoisotopic (exact) mass is 276 g/mol. The molecule has 2 aliphatic rings. The quantitative estimate of drug-likeness (QED) is 0.538. The van der Waals surface area contributed by atoms with Crippen molar-refractivity contribution in [2.75, 3.05) is 23.8 Å². The normalized spacial score (nSPS) is 23.0. The number of likely N-dealkylation sites (tertiary alicyclic amines) is 1. The van der Waals surface area contributed by atoms with Gasteiger partial charge in [0.15, 0.2) is 0 Å². The van der Waals surface area contributed by atoms with E-state index in [-0.39, 0.29) is 0 Å². The van der Waals surface area contributed by atoms with E-state index in [0.717, 1.165) is 37.1 Å². The molecule has 1 atom stereocenters. The number of aromatic nitrogens is 2. The van der Waals surface area contributed by atoms with Crippen LogP contribution in [-0.2, 0) is 6.42 Å². The second-order valence-corrected chi connectivity index (χ2v) is 5.81. The van der Waals surface area contributed by atoms with Gasteiger partial charge in [0.1, 0.15) is 17.5 Å². The average molecular weight is 276 g/mol. The third kappa shape index (κ3) is 3.19. The molecule has 20 heavy (non-hydrogen) atoms. The molecule has 4 N–H and O–H groups in total. The summed E-state index contributed by atoms with van der Waals surface area (Å²) in [4.78, 5) is 11.5. The highest BCUT2D eigenvalue weighted by Gasteiger charge is 2.34. The lowest BCUT2D eigenvalue weighted by Crippen LogP contribution is -2.28. The van der Waals surface area contributed by atoms with Crippen molar-refractivity contribution in [3.05, 3.63) is 11.9 Å². The number of nitrogen functional groups attached to an aromatic ring is 1. The zero-order chi connectivity index (χ0) is 13.9. The number of hydrazine groups is 1. The van der Waals surface area contributed by atoms with Gasteiger partial charge in [0, 0.05) is 37.7 Å². The van der Waals surface area contributed by atoms with Crippen LogP contribution < -0.4 is 16.6 Å². The van der Waals surface area contributed by atoms with Crippen molar-refractivity contribution in [3.8, 4) is 0 Å². The Morgan fingerprint density at radius 3 is 2.80 bits per heavy atom. The van der Waals surface area contributed by atoms with Crippen LogP contribution in [0.1, 0.15) is 38.4 Å². The molecule has 1 aliphatic heterocycles. The van der Waals surface area contributed by atoms with E-state index in [1.54, 1.807) is 0 Å². The fourth-order valence-electron chi connectivity index (χ4n) is 2.87. The van der Waals surface area contributed by atoms with Crippen molar-refractivity contribution in [2.45, 2.75) is 51.1 Å². The van der Waals surface area contributed by atoms with E-state index in [4.69, 9.17) is 5.84 Å². The summed E-state index contributed by atoms with van der Waals surface area (Å²) in [5.41, 5.74) is 2.63. The maximum atomic E-state index is 5.49. The van der Waals surface area contributed by atoms with Gasteiger partial charge in [0.2, 0.25) is 0 Å². The molecule has 0 aromatic carbocycles. The van der Waals surface area contributed by atoms with Crippen LogP contribution in [0, 0.1) is 0 Å². The number of aryl methyl sites for hydroxylation is 1. The minimum absolute atomic E-state index is 0.491. The molecule has 1 aromatic rings. The van der Waals surface area contributed by atoms with Crippen LogP contribution in [0.15, 0.2) is 6.07 Å². The first kappa shape index (κ1) is 13.6. The molecule has 0 bridgehead atoms. The molecule has 6 heteroatoms. The van der Waals surface area contributed by atoms with Crippen LogP contribution >= 0.6 is 0 Å². The van der Waals surface area contributed by atoms with Gasteiger partial charge >= 0.3 is 0 Å². The summed E-state index contributed by atoms with van der Waals surface area (Å²) in [5.74, 6) is 7.91. The van der Waals surface area contributed by atoms with Crippen LogP contribution in [0.4, 0.5) is 11.6 Å². The van der Waals surface area contributed by atoms with E-state index in [0.29, 0.717) is 11.9 Å². The van der Waals surface area contributed by atoms with Crippen molar-refractivity contribution < 1.29 is 0 Å². The van der Waals surface area contributed by atoms with Crippen molar-refractivity contribution in [1.82, 2.24) is 14.9 Å². The number of hydrogen-bond acceptors (Lipinski definition) is 6. The molecule has 110 valence electrons. The molecular weight excluding hydrogens is 252 g/mol. The molecule has 6 nitrogen and oxygen atoms in total. The maximum absolute atomic E-state index is 5.49. The summed E-state index contributed by atoms with van der Waals surface area (Å²) in [6.45, 7) is 4.46. The highest BCUT2D eigenvalue weighted by atomic mass is 15.3. The highest BCUT2D eigenvalue weighted by Crippen LogP contribution is 2.30. The van der Waals surface area contributed by atoms with Crippen LogP contribution in [0.3, 0.4) is 0 Å². The lowest BCUT2D eigenvalue weighted by atomic mass is 10.2. The fourth-order valence-corrected chi connectivity index (χ4v) is 2.87. The van der Waals surface area contributed by atoms with Crippen molar-refractivity contribution in [3.63, 3.8) is 0 Å². The average Bonchev–Trinajstić information content (AvgIpc) is 3.20. The lowest BCUT2D eigenvalue weighted by Gasteiger charge is -2.17. The van der Waals surface area contributed by atoms with Gasteiger partial charge in [-0.05, 0) is 25.7 Å². The molecule has 1 aliphatic carbocycles. The van der Waals surface area contributed by atoms with E-state index >= 15 is 0 Å². The molecule has 0 spiro atoms. The molecule has 3 rings (SSSR count). The van der Waals surface area contributed by atoms with E-state index in [9.17, 15) is 0 Å². The first-order valence-corrected chi connectivity index (χ1v) is 7.63. The molecule has 0 radical (unpaired) electrons. The number of anilines is 2. The van der Waals surface area contributed by atoms with Gasteiger partial charge in [-0.15, -0.1) is 0 Å². The molecule has 2 heterocycles. The Balaban J connectivity index is 1.65. The Kier molecular flexibility index (Phi) is 4.03. The first-order valence-electron chi connectivity index (χ1n) is 7.63. The largest absolute Gasteiger partial charge is 0.366 e. The molecule has 1 unspecified atom stereocenters. The van der Waals surface area contributed by atoms with E-state index in [1.807, 2.05) is 6.07 Å². The van der Waals surface area contributed by atoms with Gasteiger partial charge in [-0.3, -0.25) is 4.90 Å². The van der Waals surface area contributed by atoms with E-state index in [1.165, 1.54) is 25.8 Å². The first-order chi connectivity index (χ1) is 9.78. The number of nitrogens with zero attached hydrogens (tertiary/aromatic N) is 3. The van der Waals surface area contributed by atoms with Gasteiger partial charge in [0.05, 0.1) is 0 Å². The van der Waals surface area contributed by atoms with Crippen LogP contribution in [0.25, 0.3) is 0 Å². The Bertz CT molecular complexity index is 459. The Morgan fingerprint density at radius 2 is 2.10 bits per heavy atom. The molecule has 0 amide bonds. The Morgan fingerprint density at radius 1 is 1.30 bits per heavy atom. The molecule has 2 fully saturated rings. The summed E-state index contributed by atoms with van der Waals surface area (Å²) in [5, 5.41) is 3.54. The van der Waals surface area contributed by atoms with Crippen molar-refractivity contribution in [1.29, 1.82) is 0 Å². The number of nitrogens with one attached hydrogen (secondary N) is 2. The van der Waals surface area contributed by atoms with Gasteiger partial charge < -0.3 is 10.7 Å². The molecular formula is C14H24N6. The minimum Gasteiger partial charge on any atom is -0.366 e. The lowest BCUT2D eigenvalue weighted by molar-refractivity contribution is 0.326. The predicted octanol–water partition coefficient (Wildman–Crippen LogP) is 1.36. The van der Waals surface area contributed by atoms with E-state index in [2.05, 4.69) is 32.5 Å². The fraction of sp³-hybridized carbons (Fsp3) is 0.714. The topological polar surface area (TPSA) is 79.1 Å². The van der Waals surface area contributed by atoms with Crippen molar-refractivity contribution in [2.24, 2.45) is 5.84 Å².